The van der Waals surface area contributed by atoms with E-state index >= 15 is 0 Å². The Morgan fingerprint density at radius 3 is 2.35 bits per heavy atom. The van der Waals surface area contributed by atoms with Gasteiger partial charge in [-0.3, -0.25) is 0 Å². The maximum absolute atomic E-state index is 11.6. The number of aliphatic carboxylic acids is 1. The largest absolute Gasteiger partial charge is 0.480 e. The first-order chi connectivity index (χ1) is 9.28. The van der Waals surface area contributed by atoms with E-state index in [4.69, 9.17) is 9.84 Å². The summed E-state index contributed by atoms with van der Waals surface area (Å²) >= 11 is 0. The summed E-state index contributed by atoms with van der Waals surface area (Å²) in [6, 6.07) is 8.27. The van der Waals surface area contributed by atoms with Crippen LogP contribution in [-0.4, -0.2) is 23.2 Å². The van der Waals surface area contributed by atoms with Crippen LogP contribution in [0.5, 0.6) is 0 Å². The molecule has 1 amide bonds. The predicted molar refractivity (Wildman–Crippen MR) is 75.3 cm³/mol. The smallest absolute Gasteiger partial charge is 0.408 e. The lowest BCUT2D eigenvalue weighted by atomic mass is 9.88. The Hall–Kier alpha value is -2.04. The number of rotatable bonds is 5. The lowest BCUT2D eigenvalue weighted by molar-refractivity contribution is -0.140. The third-order valence-corrected chi connectivity index (χ3v) is 2.62. The number of hydrogen-bond acceptors (Lipinski definition) is 3. The average molecular weight is 279 g/mol. The van der Waals surface area contributed by atoms with Crippen molar-refractivity contribution in [3.8, 4) is 0 Å². The minimum absolute atomic E-state index is 0.120. The second-order valence-electron chi connectivity index (χ2n) is 5.86. The highest BCUT2D eigenvalue weighted by Gasteiger charge is 2.26. The first-order valence-corrected chi connectivity index (χ1v) is 6.48. The summed E-state index contributed by atoms with van der Waals surface area (Å²) in [5, 5.41) is 11.5. The number of carbonyl (C=O) groups excluding carboxylic acids is 1. The summed E-state index contributed by atoms with van der Waals surface area (Å²) in [6.45, 7) is 5.87. The fraction of sp³-hybridized carbons (Fsp3) is 0.467. The van der Waals surface area contributed by atoms with E-state index in [1.165, 1.54) is 0 Å². The molecule has 0 aliphatic rings. The summed E-state index contributed by atoms with van der Waals surface area (Å²) in [5.74, 6) is -1.06. The van der Waals surface area contributed by atoms with Gasteiger partial charge in [-0.1, -0.05) is 51.1 Å². The zero-order valence-electron chi connectivity index (χ0n) is 12.1. The first-order valence-electron chi connectivity index (χ1n) is 6.48. The molecule has 20 heavy (non-hydrogen) atoms. The van der Waals surface area contributed by atoms with Gasteiger partial charge in [-0.05, 0) is 17.4 Å². The van der Waals surface area contributed by atoms with Crippen LogP contribution in [0.3, 0.4) is 0 Å². The summed E-state index contributed by atoms with van der Waals surface area (Å²) < 4.78 is 5.01. The number of ether oxygens (including phenoxy) is 1. The average Bonchev–Trinajstić information content (AvgIpc) is 2.35. The lowest BCUT2D eigenvalue weighted by Crippen LogP contribution is -2.43. The quantitative estimate of drug-likeness (QED) is 0.869. The van der Waals surface area contributed by atoms with E-state index in [0.29, 0.717) is 6.42 Å². The van der Waals surface area contributed by atoms with Crippen LogP contribution >= 0.6 is 0 Å². The second kappa shape index (κ2) is 6.93. The molecule has 0 aliphatic carbocycles. The van der Waals surface area contributed by atoms with Gasteiger partial charge in [0.1, 0.15) is 12.6 Å². The number of amides is 1. The third kappa shape index (κ3) is 6.22. The minimum atomic E-state index is -1.06. The molecule has 0 bridgehead atoms. The molecule has 0 spiro atoms. The van der Waals surface area contributed by atoms with Crippen LogP contribution in [0.1, 0.15) is 32.8 Å². The molecule has 1 atom stereocenters. The highest BCUT2D eigenvalue weighted by Crippen LogP contribution is 2.21. The molecule has 5 heteroatoms. The van der Waals surface area contributed by atoms with Crippen molar-refractivity contribution in [2.75, 3.05) is 0 Å². The van der Waals surface area contributed by atoms with Crippen molar-refractivity contribution < 1.29 is 19.4 Å². The standard InChI is InChI=1S/C15H21NO4/c1-15(2,3)9-12(13(17)18)16-14(19)20-10-11-7-5-4-6-8-11/h4-8,12H,9-10H2,1-3H3,(H,16,19)(H,17,18)/t12-/m0/s1. The summed E-state index contributed by atoms with van der Waals surface area (Å²) in [7, 11) is 0. The Balaban J connectivity index is 2.48. The van der Waals surface area contributed by atoms with Crippen LogP contribution < -0.4 is 5.32 Å². The van der Waals surface area contributed by atoms with E-state index in [1.54, 1.807) is 0 Å². The van der Waals surface area contributed by atoms with Crippen molar-refractivity contribution in [3.63, 3.8) is 0 Å². The molecule has 0 aliphatic heterocycles. The zero-order valence-corrected chi connectivity index (χ0v) is 12.1. The third-order valence-electron chi connectivity index (χ3n) is 2.62. The molecule has 0 heterocycles. The van der Waals surface area contributed by atoms with Crippen LogP contribution in [0.4, 0.5) is 4.79 Å². The Morgan fingerprint density at radius 2 is 1.85 bits per heavy atom. The van der Waals surface area contributed by atoms with Gasteiger partial charge >= 0.3 is 12.1 Å². The van der Waals surface area contributed by atoms with Crippen LogP contribution in [0.2, 0.25) is 0 Å². The molecule has 5 nitrogen and oxygen atoms in total. The number of carbonyl (C=O) groups is 2. The van der Waals surface area contributed by atoms with E-state index < -0.39 is 18.1 Å². The van der Waals surface area contributed by atoms with Crippen LogP contribution in [0, 0.1) is 5.41 Å². The van der Waals surface area contributed by atoms with Gasteiger partial charge in [0.2, 0.25) is 0 Å². The van der Waals surface area contributed by atoms with Crippen molar-refractivity contribution in [2.45, 2.75) is 39.8 Å². The van der Waals surface area contributed by atoms with E-state index in [9.17, 15) is 9.59 Å². The van der Waals surface area contributed by atoms with Crippen molar-refractivity contribution in [2.24, 2.45) is 5.41 Å². The molecule has 0 unspecified atom stereocenters. The maximum atomic E-state index is 11.6. The van der Waals surface area contributed by atoms with Crippen LogP contribution in [-0.2, 0) is 16.1 Å². The summed E-state index contributed by atoms with van der Waals surface area (Å²) in [5.41, 5.74) is 0.654. The molecule has 0 saturated heterocycles. The normalized spacial score (nSPS) is 12.6. The summed E-state index contributed by atoms with van der Waals surface area (Å²) in [4.78, 5) is 22.7. The molecule has 0 fully saturated rings. The lowest BCUT2D eigenvalue weighted by Gasteiger charge is -2.23. The van der Waals surface area contributed by atoms with E-state index in [1.807, 2.05) is 51.1 Å². The molecule has 1 rings (SSSR count). The van der Waals surface area contributed by atoms with E-state index in [-0.39, 0.29) is 12.0 Å². The van der Waals surface area contributed by atoms with Crippen molar-refractivity contribution >= 4 is 12.1 Å². The molecule has 2 N–H and O–H groups in total. The van der Waals surface area contributed by atoms with Gasteiger partial charge in [-0.15, -0.1) is 0 Å². The highest BCUT2D eigenvalue weighted by molar-refractivity contribution is 5.79. The van der Waals surface area contributed by atoms with Gasteiger partial charge in [-0.2, -0.15) is 0 Å². The van der Waals surface area contributed by atoms with Gasteiger partial charge < -0.3 is 15.2 Å². The Bertz CT molecular complexity index is 451. The van der Waals surface area contributed by atoms with Gasteiger partial charge in [-0.25, -0.2) is 9.59 Å². The molecule has 110 valence electrons. The number of alkyl carbamates (subject to hydrolysis) is 1. The number of benzene rings is 1. The summed E-state index contributed by atoms with van der Waals surface area (Å²) in [6.07, 6.45) is -0.381. The topological polar surface area (TPSA) is 75.6 Å². The number of nitrogens with one attached hydrogen (secondary N) is 1. The van der Waals surface area contributed by atoms with E-state index in [2.05, 4.69) is 5.32 Å². The molecule has 0 aromatic heterocycles. The van der Waals surface area contributed by atoms with Crippen LogP contribution in [0.25, 0.3) is 0 Å². The minimum Gasteiger partial charge on any atom is -0.480 e. The maximum Gasteiger partial charge on any atom is 0.408 e. The molecule has 1 aromatic rings. The van der Waals surface area contributed by atoms with Crippen molar-refractivity contribution in [1.82, 2.24) is 5.32 Å². The molecule has 0 radical (unpaired) electrons. The monoisotopic (exact) mass is 279 g/mol. The van der Waals surface area contributed by atoms with Gasteiger partial charge in [0.25, 0.3) is 0 Å². The molecule has 0 saturated carbocycles. The Labute approximate surface area is 118 Å². The molecular weight excluding hydrogens is 258 g/mol. The van der Waals surface area contributed by atoms with Crippen molar-refractivity contribution in [1.29, 1.82) is 0 Å². The fourth-order valence-corrected chi connectivity index (χ4v) is 1.72. The second-order valence-corrected chi connectivity index (χ2v) is 5.86. The fourth-order valence-electron chi connectivity index (χ4n) is 1.72. The van der Waals surface area contributed by atoms with Crippen molar-refractivity contribution in [3.05, 3.63) is 35.9 Å². The predicted octanol–water partition coefficient (Wildman–Crippen LogP) is 2.80. The Morgan fingerprint density at radius 1 is 1.25 bits per heavy atom. The Kier molecular flexibility index (Phi) is 5.55. The number of hydrogen-bond donors (Lipinski definition) is 2. The van der Waals surface area contributed by atoms with E-state index in [0.717, 1.165) is 5.56 Å². The van der Waals surface area contributed by atoms with Crippen LogP contribution in [0.15, 0.2) is 30.3 Å². The number of carboxylic acids is 1. The molecule has 1 aromatic carbocycles. The highest BCUT2D eigenvalue weighted by atomic mass is 16.5. The molecular formula is C15H21NO4. The SMILES string of the molecule is CC(C)(C)C[C@H](NC(=O)OCc1ccccc1)C(=O)O. The van der Waals surface area contributed by atoms with Gasteiger partial charge in [0, 0.05) is 0 Å². The van der Waals surface area contributed by atoms with Gasteiger partial charge in [0.15, 0.2) is 0 Å². The zero-order chi connectivity index (χ0) is 15.2. The van der Waals surface area contributed by atoms with Gasteiger partial charge in [0.05, 0.1) is 0 Å². The first kappa shape index (κ1) is 16.0. The number of carboxylic acid groups (broad SMARTS) is 1.